The third-order valence-electron chi connectivity index (χ3n) is 1.52. The standard InChI is InChI=1S/C9H11Cl2O2PS/c1-3-12-14(2,15)13-9-6-7(10)4-5-8(9)11/h4-6H,3H2,1-2H3. The summed E-state index contributed by atoms with van der Waals surface area (Å²) in [7, 11) is 0. The Bertz CT molecular complexity index is 398. The number of halogens is 2. The van der Waals surface area contributed by atoms with E-state index in [2.05, 4.69) is 0 Å². The van der Waals surface area contributed by atoms with Crippen molar-refractivity contribution in [3.8, 4) is 5.75 Å². The van der Waals surface area contributed by atoms with Gasteiger partial charge in [-0.15, -0.1) is 0 Å². The molecule has 1 aromatic carbocycles. The molecule has 0 saturated heterocycles. The SMILES string of the molecule is CCOP(C)(=S)Oc1cc(Cl)ccc1Cl. The van der Waals surface area contributed by atoms with Gasteiger partial charge in [0.25, 0.3) is 0 Å². The second-order valence-electron chi connectivity index (χ2n) is 2.86. The van der Waals surface area contributed by atoms with Gasteiger partial charge >= 0.3 is 0 Å². The van der Waals surface area contributed by atoms with E-state index < -0.39 is 6.49 Å². The van der Waals surface area contributed by atoms with Crippen molar-refractivity contribution in [2.75, 3.05) is 13.3 Å². The Labute approximate surface area is 105 Å². The summed E-state index contributed by atoms with van der Waals surface area (Å²) in [5, 5.41) is 1.04. The molecule has 0 saturated carbocycles. The topological polar surface area (TPSA) is 18.5 Å². The molecule has 0 aromatic heterocycles. The van der Waals surface area contributed by atoms with E-state index >= 15 is 0 Å². The average molecular weight is 285 g/mol. The van der Waals surface area contributed by atoms with Crippen LogP contribution in [0.5, 0.6) is 5.75 Å². The fraction of sp³-hybridized carbons (Fsp3) is 0.333. The molecule has 2 nitrogen and oxygen atoms in total. The van der Waals surface area contributed by atoms with Crippen molar-refractivity contribution in [2.24, 2.45) is 0 Å². The monoisotopic (exact) mass is 284 g/mol. The van der Waals surface area contributed by atoms with Crippen molar-refractivity contribution in [2.45, 2.75) is 6.92 Å². The van der Waals surface area contributed by atoms with Gasteiger partial charge in [0.05, 0.1) is 11.6 Å². The summed E-state index contributed by atoms with van der Waals surface area (Å²) in [5.41, 5.74) is 0. The van der Waals surface area contributed by atoms with Gasteiger partial charge in [0.1, 0.15) is 5.75 Å². The quantitative estimate of drug-likeness (QED) is 0.766. The summed E-state index contributed by atoms with van der Waals surface area (Å²) in [4.78, 5) is 0. The lowest BCUT2D eigenvalue weighted by atomic mass is 10.3. The molecular weight excluding hydrogens is 274 g/mol. The molecule has 0 amide bonds. The van der Waals surface area contributed by atoms with Crippen molar-refractivity contribution in [1.82, 2.24) is 0 Å². The van der Waals surface area contributed by atoms with Gasteiger partial charge < -0.3 is 9.05 Å². The highest BCUT2D eigenvalue weighted by atomic mass is 35.5. The van der Waals surface area contributed by atoms with Crippen LogP contribution in [0.15, 0.2) is 18.2 Å². The molecule has 1 unspecified atom stereocenters. The van der Waals surface area contributed by atoms with Crippen LogP contribution in [0.2, 0.25) is 10.0 Å². The zero-order chi connectivity index (χ0) is 11.5. The molecule has 1 atom stereocenters. The molecule has 1 aromatic rings. The normalized spacial score (nSPS) is 14.7. The highest BCUT2D eigenvalue weighted by molar-refractivity contribution is 8.09. The van der Waals surface area contributed by atoms with Gasteiger partial charge in [-0.2, -0.15) is 0 Å². The van der Waals surface area contributed by atoms with Gasteiger partial charge in [0.15, 0.2) is 0 Å². The minimum Gasteiger partial charge on any atom is -0.442 e. The predicted octanol–water partition coefficient (Wildman–Crippen LogP) is 4.35. The van der Waals surface area contributed by atoms with Crippen molar-refractivity contribution < 1.29 is 9.05 Å². The average Bonchev–Trinajstić information content (AvgIpc) is 2.10. The molecule has 0 fully saturated rings. The first-order valence-electron chi connectivity index (χ1n) is 4.31. The van der Waals surface area contributed by atoms with E-state index in [0.29, 0.717) is 22.4 Å². The van der Waals surface area contributed by atoms with E-state index in [1.54, 1.807) is 24.9 Å². The van der Waals surface area contributed by atoms with Crippen molar-refractivity contribution in [3.05, 3.63) is 28.2 Å². The Kier molecular flexibility index (Phi) is 4.88. The number of rotatable bonds is 4. The van der Waals surface area contributed by atoms with Crippen LogP contribution in [0.1, 0.15) is 6.92 Å². The van der Waals surface area contributed by atoms with Gasteiger partial charge in [-0.05, 0) is 30.9 Å². The Morgan fingerprint density at radius 1 is 1.40 bits per heavy atom. The smallest absolute Gasteiger partial charge is 0.235 e. The summed E-state index contributed by atoms with van der Waals surface area (Å²) < 4.78 is 10.9. The maximum absolute atomic E-state index is 5.93. The van der Waals surface area contributed by atoms with Gasteiger partial charge in [0.2, 0.25) is 6.49 Å². The zero-order valence-corrected chi connectivity index (χ0v) is 11.6. The highest BCUT2D eigenvalue weighted by Gasteiger charge is 2.14. The van der Waals surface area contributed by atoms with Gasteiger partial charge in [-0.1, -0.05) is 23.2 Å². The number of hydrogen-bond acceptors (Lipinski definition) is 3. The van der Waals surface area contributed by atoms with E-state index in [1.807, 2.05) is 6.92 Å². The van der Waals surface area contributed by atoms with Crippen LogP contribution in [0, 0.1) is 0 Å². The first kappa shape index (κ1) is 13.3. The van der Waals surface area contributed by atoms with Crippen LogP contribution < -0.4 is 4.52 Å². The summed E-state index contributed by atoms with van der Waals surface area (Å²) >= 11 is 16.9. The minimum atomic E-state index is -2.27. The van der Waals surface area contributed by atoms with E-state index in [-0.39, 0.29) is 0 Å². The van der Waals surface area contributed by atoms with E-state index in [1.165, 1.54) is 0 Å². The van der Waals surface area contributed by atoms with Gasteiger partial charge in [-0.25, -0.2) is 0 Å². The number of hydrogen-bond donors (Lipinski definition) is 0. The Morgan fingerprint density at radius 2 is 2.07 bits per heavy atom. The predicted molar refractivity (Wildman–Crippen MR) is 68.9 cm³/mol. The van der Waals surface area contributed by atoms with Crippen LogP contribution in [-0.4, -0.2) is 13.3 Å². The molecule has 6 heteroatoms. The Morgan fingerprint density at radius 3 is 2.67 bits per heavy atom. The summed E-state index contributed by atoms with van der Waals surface area (Å²) in [6.07, 6.45) is 0. The van der Waals surface area contributed by atoms with Crippen molar-refractivity contribution in [1.29, 1.82) is 0 Å². The molecule has 0 heterocycles. The van der Waals surface area contributed by atoms with E-state index in [9.17, 15) is 0 Å². The first-order chi connectivity index (χ1) is 6.94. The van der Waals surface area contributed by atoms with Gasteiger partial charge in [-0.3, -0.25) is 0 Å². The second kappa shape index (κ2) is 5.51. The lowest BCUT2D eigenvalue weighted by Gasteiger charge is -2.18. The molecule has 0 spiro atoms. The molecule has 1 rings (SSSR count). The summed E-state index contributed by atoms with van der Waals surface area (Å²) in [5.74, 6) is 0.475. The summed E-state index contributed by atoms with van der Waals surface area (Å²) in [6.45, 7) is 1.87. The molecule has 15 heavy (non-hydrogen) atoms. The highest BCUT2D eigenvalue weighted by Crippen LogP contribution is 2.46. The Balaban J connectivity index is 2.89. The molecule has 0 aliphatic carbocycles. The van der Waals surface area contributed by atoms with Crippen LogP contribution in [0.25, 0.3) is 0 Å². The third-order valence-corrected chi connectivity index (χ3v) is 3.86. The molecule has 0 radical (unpaired) electrons. The molecule has 0 N–H and O–H groups in total. The maximum atomic E-state index is 5.93. The first-order valence-corrected chi connectivity index (χ1v) is 8.15. The fourth-order valence-electron chi connectivity index (χ4n) is 0.987. The van der Waals surface area contributed by atoms with Crippen LogP contribution in [0.4, 0.5) is 0 Å². The molecule has 0 aliphatic heterocycles. The van der Waals surface area contributed by atoms with Crippen molar-refractivity contribution in [3.63, 3.8) is 0 Å². The molecular formula is C9H11Cl2O2PS. The third kappa shape index (κ3) is 4.29. The number of benzene rings is 1. The van der Waals surface area contributed by atoms with Crippen LogP contribution in [-0.2, 0) is 16.3 Å². The maximum Gasteiger partial charge on any atom is 0.235 e. The van der Waals surface area contributed by atoms with Gasteiger partial charge in [0, 0.05) is 17.8 Å². The van der Waals surface area contributed by atoms with Crippen molar-refractivity contribution >= 4 is 41.5 Å². The van der Waals surface area contributed by atoms with E-state index in [0.717, 1.165) is 0 Å². The second-order valence-corrected chi connectivity index (χ2v) is 7.67. The lowest BCUT2D eigenvalue weighted by Crippen LogP contribution is -1.96. The summed E-state index contributed by atoms with van der Waals surface area (Å²) in [6, 6.07) is 4.99. The molecule has 84 valence electrons. The molecule has 0 aliphatic rings. The zero-order valence-electron chi connectivity index (χ0n) is 8.37. The molecule has 0 bridgehead atoms. The fourth-order valence-corrected chi connectivity index (χ4v) is 2.95. The van der Waals surface area contributed by atoms with E-state index in [4.69, 9.17) is 44.1 Å². The largest absolute Gasteiger partial charge is 0.442 e. The Hall–Kier alpha value is 0.210. The minimum absolute atomic E-state index is 0.475. The van der Waals surface area contributed by atoms with Crippen LogP contribution in [0.3, 0.4) is 0 Å². The van der Waals surface area contributed by atoms with Crippen LogP contribution >= 0.6 is 29.7 Å². The lowest BCUT2D eigenvalue weighted by molar-refractivity contribution is 0.335.